The third-order valence-electron chi connectivity index (χ3n) is 5.53. The number of nitrogens with two attached hydrogens (primary N) is 1. The molecule has 0 amide bonds. The Kier molecular flexibility index (Phi) is 10.0. The number of ketones is 1. The van der Waals surface area contributed by atoms with Crippen LogP contribution in [0.4, 0.5) is 0 Å². The zero-order chi connectivity index (χ0) is 22.5. The lowest BCUT2D eigenvalue weighted by atomic mass is 10.0. The number of pyridine rings is 1. The number of halogens is 2. The fraction of sp³-hybridized carbons (Fsp3) is 0.333. The summed E-state index contributed by atoms with van der Waals surface area (Å²) in [6.45, 7) is 1.97. The van der Waals surface area contributed by atoms with Crippen LogP contribution in [0.3, 0.4) is 0 Å². The van der Waals surface area contributed by atoms with Crippen molar-refractivity contribution in [2.45, 2.75) is 45.1 Å². The van der Waals surface area contributed by atoms with Crippen molar-refractivity contribution in [1.82, 2.24) is 20.1 Å². The van der Waals surface area contributed by atoms with Gasteiger partial charge in [0, 0.05) is 35.2 Å². The van der Waals surface area contributed by atoms with Gasteiger partial charge in [0.05, 0.1) is 30.6 Å². The molecule has 0 spiro atoms. The van der Waals surface area contributed by atoms with Crippen molar-refractivity contribution < 1.29 is 14.1 Å². The molecule has 4 rings (SSSR count). The Morgan fingerprint density at radius 3 is 2.74 bits per heavy atom. The number of aryl methyl sites for hydroxylation is 1. The van der Waals surface area contributed by atoms with E-state index in [-0.39, 0.29) is 36.6 Å². The highest BCUT2D eigenvalue weighted by Gasteiger charge is 2.15. The van der Waals surface area contributed by atoms with Gasteiger partial charge in [-0.25, -0.2) is 4.98 Å². The van der Waals surface area contributed by atoms with Crippen molar-refractivity contribution in [3.05, 3.63) is 60.0 Å². The summed E-state index contributed by atoms with van der Waals surface area (Å²) in [5, 5.41) is 4.71. The van der Waals surface area contributed by atoms with Crippen molar-refractivity contribution in [3.8, 4) is 17.0 Å². The molecule has 0 aliphatic carbocycles. The van der Waals surface area contributed by atoms with Crippen molar-refractivity contribution in [1.29, 1.82) is 0 Å². The maximum Gasteiger partial charge on any atom is 0.184 e. The molecule has 0 fully saturated rings. The van der Waals surface area contributed by atoms with Crippen LogP contribution >= 0.6 is 24.8 Å². The topological polar surface area (TPSA) is 120 Å². The molecule has 1 atom stereocenters. The highest BCUT2D eigenvalue weighted by molar-refractivity contribution is 5.93. The van der Waals surface area contributed by atoms with Crippen molar-refractivity contribution in [2.24, 2.45) is 5.73 Å². The van der Waals surface area contributed by atoms with E-state index in [1.807, 2.05) is 19.1 Å². The standard InChI is InChI=1S/C24H27N5O3.2ClH/c1-15-8-9-16-12-17(23(31-2)13-20(16)27-15)21-14-26-24(28-21)18(25)6-4-3-5-7-22(30)19-10-11-32-29-19;;/h8-14,18H,3-7,25H2,1-2H3,(H,26,28);2*1H. The number of hydrogen-bond acceptors (Lipinski definition) is 7. The zero-order valence-electron chi connectivity index (χ0n) is 19.1. The van der Waals surface area contributed by atoms with Crippen molar-refractivity contribution >= 4 is 41.5 Å². The zero-order valence-corrected chi connectivity index (χ0v) is 20.7. The molecule has 10 heteroatoms. The number of nitrogens with one attached hydrogen (secondary N) is 1. The number of rotatable bonds is 10. The van der Waals surface area contributed by atoms with Crippen molar-refractivity contribution in [2.75, 3.05) is 7.11 Å². The minimum atomic E-state index is -0.203. The van der Waals surface area contributed by atoms with E-state index < -0.39 is 0 Å². The molecular weight excluding hydrogens is 477 g/mol. The van der Waals surface area contributed by atoms with Crippen LogP contribution in [0.2, 0.25) is 0 Å². The van der Waals surface area contributed by atoms with E-state index in [1.54, 1.807) is 19.4 Å². The van der Waals surface area contributed by atoms with Crippen LogP contribution in [0.5, 0.6) is 5.75 Å². The Balaban J connectivity index is 0.00000204. The van der Waals surface area contributed by atoms with Crippen LogP contribution in [0.25, 0.3) is 22.2 Å². The first-order valence-corrected chi connectivity index (χ1v) is 10.7. The van der Waals surface area contributed by atoms with Gasteiger partial charge in [0.1, 0.15) is 23.5 Å². The highest BCUT2D eigenvalue weighted by Crippen LogP contribution is 2.33. The van der Waals surface area contributed by atoms with E-state index in [9.17, 15) is 4.79 Å². The van der Waals surface area contributed by atoms with Crippen LogP contribution in [-0.2, 0) is 0 Å². The minimum Gasteiger partial charge on any atom is -0.496 e. The van der Waals surface area contributed by atoms with Gasteiger partial charge in [-0.3, -0.25) is 9.78 Å². The van der Waals surface area contributed by atoms with E-state index in [1.165, 1.54) is 6.26 Å². The second-order valence-corrected chi connectivity index (χ2v) is 7.89. The molecule has 8 nitrogen and oxygen atoms in total. The van der Waals surface area contributed by atoms with Crippen LogP contribution in [0, 0.1) is 6.92 Å². The van der Waals surface area contributed by atoms with E-state index in [0.29, 0.717) is 12.1 Å². The van der Waals surface area contributed by atoms with E-state index in [4.69, 9.17) is 15.0 Å². The molecule has 0 saturated carbocycles. The quantitative estimate of drug-likeness (QED) is 0.212. The van der Waals surface area contributed by atoms with Gasteiger partial charge in [0.25, 0.3) is 0 Å². The number of H-pyrrole nitrogens is 1. The van der Waals surface area contributed by atoms with Gasteiger partial charge in [-0.05, 0) is 31.9 Å². The SMILES string of the molecule is COc1cc2nc(C)ccc2cc1-c1cnc(C(N)CCCCCC(=O)c2ccon2)[nH]1.Cl.Cl. The number of imidazole rings is 1. The van der Waals surface area contributed by atoms with Crippen LogP contribution in [0.1, 0.15) is 60.2 Å². The van der Waals surface area contributed by atoms with Gasteiger partial charge in [0.2, 0.25) is 0 Å². The number of ether oxygens (including phenoxy) is 1. The molecule has 1 aromatic carbocycles. The lowest BCUT2D eigenvalue weighted by molar-refractivity contribution is 0.0970. The average Bonchev–Trinajstić information content (AvgIpc) is 3.50. The van der Waals surface area contributed by atoms with Gasteiger partial charge >= 0.3 is 0 Å². The number of unbranched alkanes of at least 4 members (excludes halogenated alkanes) is 2. The second-order valence-electron chi connectivity index (χ2n) is 7.89. The van der Waals surface area contributed by atoms with Crippen LogP contribution in [-0.4, -0.2) is 33.0 Å². The Bertz CT molecular complexity index is 1210. The lowest BCUT2D eigenvalue weighted by Crippen LogP contribution is -2.12. The van der Waals surface area contributed by atoms with Crippen LogP contribution < -0.4 is 10.5 Å². The maximum absolute atomic E-state index is 11.9. The number of fused-ring (bicyclic) bond motifs is 1. The molecule has 34 heavy (non-hydrogen) atoms. The number of aromatic nitrogens is 4. The summed E-state index contributed by atoms with van der Waals surface area (Å²) in [5.41, 5.74) is 10.4. The third kappa shape index (κ3) is 6.34. The first-order chi connectivity index (χ1) is 15.5. The molecule has 3 heterocycles. The Labute approximate surface area is 210 Å². The number of methoxy groups -OCH3 is 1. The summed E-state index contributed by atoms with van der Waals surface area (Å²) < 4.78 is 10.3. The fourth-order valence-corrected chi connectivity index (χ4v) is 3.74. The predicted octanol–water partition coefficient (Wildman–Crippen LogP) is 5.61. The number of nitrogens with zero attached hydrogens (tertiary/aromatic N) is 3. The van der Waals surface area contributed by atoms with Crippen molar-refractivity contribution in [3.63, 3.8) is 0 Å². The van der Waals surface area contributed by atoms with E-state index in [0.717, 1.165) is 65.1 Å². The number of Topliss-reactive ketones (excluding diaryl/α,β-unsaturated/α-hetero) is 1. The fourth-order valence-electron chi connectivity index (χ4n) is 3.74. The van der Waals surface area contributed by atoms with Gasteiger partial charge in [-0.15, -0.1) is 24.8 Å². The highest BCUT2D eigenvalue weighted by atomic mass is 35.5. The second kappa shape index (κ2) is 12.5. The Morgan fingerprint density at radius 2 is 2.00 bits per heavy atom. The van der Waals surface area contributed by atoms with E-state index in [2.05, 4.69) is 32.2 Å². The number of benzene rings is 1. The molecule has 1 unspecified atom stereocenters. The average molecular weight is 506 g/mol. The molecule has 3 aromatic heterocycles. The summed E-state index contributed by atoms with van der Waals surface area (Å²) in [5.74, 6) is 1.48. The molecule has 0 saturated heterocycles. The molecule has 182 valence electrons. The predicted molar refractivity (Wildman–Crippen MR) is 136 cm³/mol. The van der Waals surface area contributed by atoms with Gasteiger partial charge < -0.3 is 20.0 Å². The molecule has 0 aliphatic rings. The monoisotopic (exact) mass is 505 g/mol. The van der Waals surface area contributed by atoms with Gasteiger partial charge in [-0.1, -0.05) is 24.1 Å². The first-order valence-electron chi connectivity index (χ1n) is 10.7. The Hall–Kier alpha value is -2.94. The number of hydrogen-bond donors (Lipinski definition) is 2. The normalized spacial score (nSPS) is 11.5. The van der Waals surface area contributed by atoms with E-state index >= 15 is 0 Å². The smallest absolute Gasteiger partial charge is 0.184 e. The molecule has 0 aliphatic heterocycles. The molecule has 0 radical (unpaired) electrons. The summed E-state index contributed by atoms with van der Waals surface area (Å²) in [7, 11) is 1.65. The summed E-state index contributed by atoms with van der Waals surface area (Å²) in [6, 6.07) is 9.43. The lowest BCUT2D eigenvalue weighted by Gasteiger charge is -2.10. The summed E-state index contributed by atoms with van der Waals surface area (Å²) in [4.78, 5) is 24.4. The molecular formula is C24H29Cl2N5O3. The minimum absolute atomic E-state index is 0. The third-order valence-corrected chi connectivity index (χ3v) is 5.53. The first kappa shape index (κ1) is 27.3. The largest absolute Gasteiger partial charge is 0.496 e. The maximum atomic E-state index is 11.9. The number of carbonyl (C=O) groups is 1. The number of aromatic amines is 1. The Morgan fingerprint density at radius 1 is 1.18 bits per heavy atom. The van der Waals surface area contributed by atoms with Gasteiger partial charge in [0.15, 0.2) is 5.78 Å². The van der Waals surface area contributed by atoms with Gasteiger partial charge in [-0.2, -0.15) is 0 Å². The summed E-state index contributed by atoms with van der Waals surface area (Å²) in [6.07, 6.45) is 7.06. The summed E-state index contributed by atoms with van der Waals surface area (Å²) >= 11 is 0. The number of carbonyl (C=O) groups excluding carboxylic acids is 1. The molecule has 0 bridgehead atoms. The molecule has 3 N–H and O–H groups in total. The van der Waals surface area contributed by atoms with Crippen LogP contribution in [0.15, 0.2) is 47.3 Å². The molecule has 4 aromatic rings.